The number of fused-ring (bicyclic) bond motifs is 1. The molecule has 13 heteroatoms. The maximum atomic E-state index is 12.7. The van der Waals surface area contributed by atoms with Crippen LogP contribution in [0, 0.1) is 13.8 Å². The first-order valence-corrected chi connectivity index (χ1v) is 16.6. The molecule has 4 aromatic carbocycles. The van der Waals surface area contributed by atoms with Crippen LogP contribution < -0.4 is 22.1 Å². The number of carbonyl (C=O) groups is 2. The van der Waals surface area contributed by atoms with E-state index in [0.717, 1.165) is 22.3 Å². The predicted molar refractivity (Wildman–Crippen MR) is 189 cm³/mol. The first kappa shape index (κ1) is 36.0. The molecule has 0 aliphatic heterocycles. The molecule has 0 saturated carbocycles. The number of nitrogen functional groups attached to an aromatic ring is 1. The summed E-state index contributed by atoms with van der Waals surface area (Å²) in [5.74, 6) is -0.507. The molecule has 0 radical (unpaired) electrons. The zero-order valence-electron chi connectivity index (χ0n) is 27.7. The quantitative estimate of drug-likeness (QED) is 0.0409. The van der Waals surface area contributed by atoms with Gasteiger partial charge in [0.25, 0.3) is 0 Å². The molecule has 0 aliphatic carbocycles. The number of phenols is 1. The number of benzene rings is 4. The van der Waals surface area contributed by atoms with Crippen LogP contribution >= 0.6 is 0 Å². The lowest BCUT2D eigenvalue weighted by Crippen LogP contribution is -2.36. The molecular weight excluding hydrogens is 632 g/mol. The van der Waals surface area contributed by atoms with Crippen LogP contribution in [0.2, 0.25) is 0 Å². The van der Waals surface area contributed by atoms with Gasteiger partial charge in [0.05, 0.1) is 22.0 Å². The van der Waals surface area contributed by atoms with Gasteiger partial charge in [-0.2, -0.15) is 5.11 Å². The number of aromatic hydroxyl groups is 1. The van der Waals surface area contributed by atoms with Crippen LogP contribution in [0.4, 0.5) is 27.5 Å². The average Bonchev–Trinajstić information content (AvgIpc) is 3.00. The van der Waals surface area contributed by atoms with Crippen molar-refractivity contribution in [1.29, 1.82) is 0 Å². The Balaban J connectivity index is 1.37. The molecular formula is C35H42N6O6S. The van der Waals surface area contributed by atoms with Crippen molar-refractivity contribution < 1.29 is 28.2 Å². The number of hydrogen-bond acceptors (Lipinski definition) is 9. The van der Waals surface area contributed by atoms with Gasteiger partial charge in [0.15, 0.2) is 16.8 Å². The molecule has 0 saturated heterocycles. The molecule has 2 unspecified atom stereocenters. The van der Waals surface area contributed by atoms with E-state index in [9.17, 15) is 23.5 Å². The summed E-state index contributed by atoms with van der Waals surface area (Å²) in [7, 11) is 0. The maximum Gasteiger partial charge on any atom is 0.407 e. The van der Waals surface area contributed by atoms with Crippen molar-refractivity contribution >= 4 is 56.6 Å². The van der Waals surface area contributed by atoms with Crippen molar-refractivity contribution in [3.63, 3.8) is 0 Å². The Morgan fingerprint density at radius 1 is 0.938 bits per heavy atom. The third-order valence-electron chi connectivity index (χ3n) is 7.54. The topological polar surface area (TPSA) is 202 Å². The molecule has 0 fully saturated rings. The smallest absolute Gasteiger partial charge is 0.407 e. The highest BCUT2D eigenvalue weighted by atomic mass is 32.2. The first-order valence-electron chi connectivity index (χ1n) is 15.5. The number of nitrogens with two attached hydrogens (primary N) is 2. The maximum absolute atomic E-state index is 12.7. The van der Waals surface area contributed by atoms with E-state index in [1.54, 1.807) is 26.8 Å². The monoisotopic (exact) mass is 674 g/mol. The average molecular weight is 675 g/mol. The van der Waals surface area contributed by atoms with Gasteiger partial charge < -0.3 is 36.5 Å². The summed E-state index contributed by atoms with van der Waals surface area (Å²) in [6, 6.07) is 16.7. The van der Waals surface area contributed by atoms with Crippen molar-refractivity contribution in [1.82, 2.24) is 5.32 Å². The molecule has 48 heavy (non-hydrogen) atoms. The molecule has 0 aliphatic rings. The molecule has 2 atom stereocenters. The van der Waals surface area contributed by atoms with E-state index in [4.69, 9.17) is 16.2 Å². The minimum atomic E-state index is -2.25. The Bertz CT molecular complexity index is 1890. The summed E-state index contributed by atoms with van der Waals surface area (Å²) >= 11 is -2.25. The molecule has 12 nitrogen and oxygen atoms in total. The Morgan fingerprint density at radius 2 is 1.58 bits per heavy atom. The van der Waals surface area contributed by atoms with E-state index in [0.29, 0.717) is 42.6 Å². The highest BCUT2D eigenvalue weighted by molar-refractivity contribution is 7.79. The third-order valence-corrected chi connectivity index (χ3v) is 8.27. The summed E-state index contributed by atoms with van der Waals surface area (Å²) in [6.45, 7) is 9.65. The lowest BCUT2D eigenvalue weighted by molar-refractivity contribution is -0.117. The van der Waals surface area contributed by atoms with E-state index in [-0.39, 0.29) is 33.3 Å². The largest absolute Gasteiger partial charge is 0.505 e. The van der Waals surface area contributed by atoms with Crippen molar-refractivity contribution in [2.75, 3.05) is 17.6 Å². The summed E-state index contributed by atoms with van der Waals surface area (Å²) in [5.41, 5.74) is 16.9. The number of unbranched alkanes of at least 4 members (excludes halogenated alkanes) is 1. The zero-order chi connectivity index (χ0) is 35.2. The Morgan fingerprint density at radius 3 is 2.23 bits per heavy atom. The van der Waals surface area contributed by atoms with Gasteiger partial charge in [-0.3, -0.25) is 4.79 Å². The predicted octanol–water partition coefficient (Wildman–Crippen LogP) is 7.37. The number of carbonyl (C=O) groups excluding carboxylic acids is 2. The summed E-state index contributed by atoms with van der Waals surface area (Å²) in [4.78, 5) is 24.6. The number of nitrogens with one attached hydrogen (secondary N) is 2. The highest BCUT2D eigenvalue weighted by Gasteiger charge is 2.18. The molecule has 254 valence electrons. The number of rotatable bonds is 11. The number of alkyl carbamates (subject to hydrolysis) is 1. The van der Waals surface area contributed by atoms with Crippen LogP contribution in [0.3, 0.4) is 0 Å². The lowest BCUT2D eigenvalue weighted by atomic mass is 10.00. The number of aryl methyl sites for hydroxylation is 2. The van der Waals surface area contributed by atoms with Crippen molar-refractivity contribution in [2.45, 2.75) is 70.4 Å². The molecule has 2 amide bonds. The number of anilines is 2. The van der Waals surface area contributed by atoms with E-state index in [2.05, 4.69) is 20.9 Å². The fourth-order valence-corrected chi connectivity index (χ4v) is 5.58. The van der Waals surface area contributed by atoms with Crippen LogP contribution in [-0.4, -0.2) is 44.1 Å². The zero-order valence-corrected chi connectivity index (χ0v) is 28.5. The van der Waals surface area contributed by atoms with Gasteiger partial charge in [-0.25, -0.2) is 9.00 Å². The SMILES string of the molecule is Cc1cc(-c2ccc(NC(=O)C(N)CCCCNC(=O)OC(C)(C)C)c(C)c2)ccc1N=Nc1ccc2c(S(=O)O)ccc(N)c2c1O. The van der Waals surface area contributed by atoms with Gasteiger partial charge in [-0.15, -0.1) is 5.11 Å². The molecule has 4 rings (SSSR count). The van der Waals surface area contributed by atoms with Crippen LogP contribution in [0.1, 0.15) is 51.2 Å². The number of nitrogens with zero attached hydrogens (tertiary/aromatic N) is 2. The molecule has 0 bridgehead atoms. The molecule has 0 aromatic heterocycles. The fourth-order valence-electron chi connectivity index (χ4n) is 5.04. The second-order valence-corrected chi connectivity index (χ2v) is 13.4. The first-order chi connectivity index (χ1) is 22.6. The second kappa shape index (κ2) is 15.4. The molecule has 8 N–H and O–H groups in total. The van der Waals surface area contributed by atoms with E-state index < -0.39 is 28.8 Å². The molecule has 0 heterocycles. The van der Waals surface area contributed by atoms with E-state index in [1.807, 2.05) is 50.2 Å². The second-order valence-electron chi connectivity index (χ2n) is 12.5. The van der Waals surface area contributed by atoms with Gasteiger partial charge in [-0.1, -0.05) is 18.2 Å². The summed E-state index contributed by atoms with van der Waals surface area (Å²) < 4.78 is 26.5. The van der Waals surface area contributed by atoms with Gasteiger partial charge in [0.2, 0.25) is 5.91 Å². The van der Waals surface area contributed by atoms with Crippen LogP contribution in [0.15, 0.2) is 75.8 Å². The fraction of sp³-hybridized carbons (Fsp3) is 0.314. The number of ether oxygens (including phenoxy) is 1. The van der Waals surface area contributed by atoms with Gasteiger partial charge in [-0.05, 0) is 119 Å². The minimum Gasteiger partial charge on any atom is -0.505 e. The van der Waals surface area contributed by atoms with Crippen LogP contribution in [0.5, 0.6) is 5.75 Å². The lowest BCUT2D eigenvalue weighted by Gasteiger charge is -2.19. The highest BCUT2D eigenvalue weighted by Crippen LogP contribution is 2.41. The minimum absolute atomic E-state index is 0.136. The Hall–Kier alpha value is -4.85. The van der Waals surface area contributed by atoms with Gasteiger partial charge >= 0.3 is 6.09 Å². The number of phenolic OH excluding ortho intramolecular Hbond substituents is 1. The molecule has 4 aromatic rings. The third kappa shape index (κ3) is 9.15. The Labute approximate surface area is 282 Å². The van der Waals surface area contributed by atoms with Crippen molar-refractivity contribution in [3.05, 3.63) is 71.8 Å². The van der Waals surface area contributed by atoms with E-state index in [1.165, 1.54) is 18.2 Å². The van der Waals surface area contributed by atoms with E-state index >= 15 is 0 Å². The molecule has 0 spiro atoms. The standard InChI is InChI=1S/C35H42N6O6S/c1-20-18-22(9-13-27(20)39-33(43)26(37)8-6-7-17-38-34(44)47-35(3,4)5)23-10-14-28(21(2)19-23)40-41-29-15-11-24-30(48(45)46)16-12-25(36)31(24)32(29)42/h9-16,18-19,26,42H,6-8,17,36-37H2,1-5H3,(H,38,44)(H,39,43)(H,45,46). The van der Waals surface area contributed by atoms with Gasteiger partial charge in [0, 0.05) is 23.3 Å². The van der Waals surface area contributed by atoms with Gasteiger partial charge in [0.1, 0.15) is 11.3 Å². The number of amides is 2. The number of hydrogen-bond donors (Lipinski definition) is 6. The normalized spacial score (nSPS) is 13.0. The van der Waals surface area contributed by atoms with Crippen LogP contribution in [0.25, 0.3) is 21.9 Å². The van der Waals surface area contributed by atoms with Crippen LogP contribution in [-0.2, 0) is 20.6 Å². The van der Waals surface area contributed by atoms with Crippen molar-refractivity contribution in [3.8, 4) is 16.9 Å². The summed E-state index contributed by atoms with van der Waals surface area (Å²) in [5, 5.41) is 25.6. The van der Waals surface area contributed by atoms with Crippen molar-refractivity contribution in [2.24, 2.45) is 16.0 Å². The number of azo groups is 1. The Kier molecular flexibility index (Phi) is 11.5. The summed E-state index contributed by atoms with van der Waals surface area (Å²) in [6.07, 6.45) is 1.35.